The van der Waals surface area contributed by atoms with Crippen LogP contribution >= 0.6 is 0 Å². The molecule has 0 saturated heterocycles. The van der Waals surface area contributed by atoms with Crippen LogP contribution in [0.2, 0.25) is 0 Å². The van der Waals surface area contributed by atoms with E-state index in [1.165, 1.54) is 6.21 Å². The van der Waals surface area contributed by atoms with Gasteiger partial charge in [-0.2, -0.15) is 10.1 Å². The van der Waals surface area contributed by atoms with E-state index in [9.17, 15) is 9.59 Å². The first-order chi connectivity index (χ1) is 12.0. The zero-order chi connectivity index (χ0) is 18.0. The molecule has 0 aromatic heterocycles. The van der Waals surface area contributed by atoms with Crippen molar-refractivity contribution in [1.29, 1.82) is 0 Å². The Balaban J connectivity index is 1.93. The predicted molar refractivity (Wildman–Crippen MR) is 93.3 cm³/mol. The summed E-state index contributed by atoms with van der Waals surface area (Å²) in [7, 11) is 1.55. The molecular weight excluding hydrogens is 320 g/mol. The molecule has 0 N–H and O–H groups in total. The van der Waals surface area contributed by atoms with Crippen LogP contribution < -0.4 is 9.47 Å². The molecule has 1 aliphatic rings. The summed E-state index contributed by atoms with van der Waals surface area (Å²) in [6.07, 6.45) is 1.37. The number of carbonyl (C=O) groups is 2. The van der Waals surface area contributed by atoms with Gasteiger partial charge in [0.15, 0.2) is 11.5 Å². The number of nitrogens with zero attached hydrogens (tertiary/aromatic N) is 2. The van der Waals surface area contributed by atoms with E-state index in [-0.39, 0.29) is 6.10 Å². The summed E-state index contributed by atoms with van der Waals surface area (Å²) in [5.41, 5.74) is 1.33. The maximum Gasteiger partial charge on any atom is 0.282 e. The molecule has 25 heavy (non-hydrogen) atoms. The Hall–Kier alpha value is -3.15. The van der Waals surface area contributed by atoms with Gasteiger partial charge >= 0.3 is 0 Å². The van der Waals surface area contributed by atoms with Crippen LogP contribution in [0.5, 0.6) is 11.5 Å². The quantitative estimate of drug-likeness (QED) is 0.620. The first-order valence-electron chi connectivity index (χ1n) is 7.88. The molecule has 0 saturated carbocycles. The highest BCUT2D eigenvalue weighted by atomic mass is 16.5. The number of fused-ring (bicyclic) bond motifs is 1. The fraction of sp³-hybridized carbons (Fsp3) is 0.211. The minimum Gasteiger partial charge on any atom is -0.493 e. The Kier molecular flexibility index (Phi) is 4.52. The van der Waals surface area contributed by atoms with E-state index in [0.29, 0.717) is 28.2 Å². The van der Waals surface area contributed by atoms with E-state index in [4.69, 9.17) is 9.47 Å². The molecule has 2 aromatic rings. The number of methoxy groups -OCH3 is 1. The Morgan fingerprint density at radius 1 is 1.00 bits per heavy atom. The van der Waals surface area contributed by atoms with Gasteiger partial charge in [0.1, 0.15) is 0 Å². The lowest BCUT2D eigenvalue weighted by atomic mass is 10.1. The maximum absolute atomic E-state index is 12.3. The fourth-order valence-corrected chi connectivity index (χ4v) is 2.56. The summed E-state index contributed by atoms with van der Waals surface area (Å²) in [5, 5.41) is 4.95. The average molecular weight is 338 g/mol. The number of rotatable bonds is 5. The van der Waals surface area contributed by atoms with E-state index in [0.717, 1.165) is 5.01 Å². The number of ether oxygens (including phenoxy) is 2. The van der Waals surface area contributed by atoms with Gasteiger partial charge in [-0.1, -0.05) is 18.2 Å². The zero-order valence-corrected chi connectivity index (χ0v) is 14.2. The van der Waals surface area contributed by atoms with Crippen LogP contribution in [0.25, 0.3) is 0 Å². The first kappa shape index (κ1) is 16.7. The van der Waals surface area contributed by atoms with Crippen molar-refractivity contribution < 1.29 is 19.1 Å². The summed E-state index contributed by atoms with van der Waals surface area (Å²) in [5.74, 6) is 0.192. The number of benzene rings is 2. The van der Waals surface area contributed by atoms with E-state index in [2.05, 4.69) is 5.10 Å². The number of hydrogen-bond donors (Lipinski definition) is 0. The van der Waals surface area contributed by atoms with Crippen LogP contribution in [0.3, 0.4) is 0 Å². The van der Waals surface area contributed by atoms with E-state index >= 15 is 0 Å². The molecule has 0 aliphatic carbocycles. The topological polar surface area (TPSA) is 68.2 Å². The van der Waals surface area contributed by atoms with Gasteiger partial charge < -0.3 is 9.47 Å². The lowest BCUT2D eigenvalue weighted by Gasteiger charge is -2.16. The summed E-state index contributed by atoms with van der Waals surface area (Å²) < 4.78 is 11.1. The number of hydrogen-bond acceptors (Lipinski definition) is 5. The van der Waals surface area contributed by atoms with Gasteiger partial charge in [0.25, 0.3) is 11.8 Å². The van der Waals surface area contributed by atoms with Crippen molar-refractivity contribution in [2.24, 2.45) is 5.10 Å². The molecule has 128 valence electrons. The van der Waals surface area contributed by atoms with Crippen molar-refractivity contribution in [1.82, 2.24) is 5.01 Å². The Morgan fingerprint density at radius 2 is 1.64 bits per heavy atom. The summed E-state index contributed by atoms with van der Waals surface area (Å²) in [4.78, 5) is 24.7. The SMILES string of the molecule is COc1cccc(/C=N/N2C(=O)c3ccccc3C2=O)c1OC(C)C. The molecule has 0 unspecified atom stereocenters. The lowest BCUT2D eigenvalue weighted by molar-refractivity contribution is 0.0660. The number of amides is 2. The van der Waals surface area contributed by atoms with Crippen molar-refractivity contribution in [3.05, 3.63) is 59.2 Å². The normalized spacial score (nSPS) is 13.7. The minimum absolute atomic E-state index is 0.0669. The van der Waals surface area contributed by atoms with Gasteiger partial charge in [0.05, 0.1) is 30.6 Å². The third-order valence-corrected chi connectivity index (χ3v) is 3.67. The van der Waals surface area contributed by atoms with E-state index < -0.39 is 11.8 Å². The van der Waals surface area contributed by atoms with Crippen LogP contribution in [0.4, 0.5) is 0 Å². The van der Waals surface area contributed by atoms with Crippen LogP contribution in [0.15, 0.2) is 47.6 Å². The zero-order valence-electron chi connectivity index (χ0n) is 14.2. The van der Waals surface area contributed by atoms with E-state index in [1.807, 2.05) is 13.8 Å². The van der Waals surface area contributed by atoms with Gasteiger partial charge in [-0.25, -0.2) is 0 Å². The standard InChI is InChI=1S/C19H18N2O4/c1-12(2)25-17-13(7-6-10-16(17)24-3)11-20-21-18(22)14-8-4-5-9-15(14)19(21)23/h4-12H,1-3H3/b20-11+. The maximum atomic E-state index is 12.3. The van der Waals surface area contributed by atoms with Crippen molar-refractivity contribution in [3.63, 3.8) is 0 Å². The van der Waals surface area contributed by atoms with Gasteiger partial charge in [0.2, 0.25) is 0 Å². The van der Waals surface area contributed by atoms with Crippen LogP contribution in [-0.4, -0.2) is 36.3 Å². The van der Waals surface area contributed by atoms with Crippen molar-refractivity contribution in [2.75, 3.05) is 7.11 Å². The first-order valence-corrected chi connectivity index (χ1v) is 7.88. The third-order valence-electron chi connectivity index (χ3n) is 3.67. The second-order valence-corrected chi connectivity index (χ2v) is 5.76. The van der Waals surface area contributed by atoms with Crippen molar-refractivity contribution in [3.8, 4) is 11.5 Å². The third kappa shape index (κ3) is 3.10. The molecule has 6 heteroatoms. The molecule has 1 heterocycles. The highest BCUT2D eigenvalue weighted by Gasteiger charge is 2.35. The predicted octanol–water partition coefficient (Wildman–Crippen LogP) is 3.11. The molecule has 0 fully saturated rings. The van der Waals surface area contributed by atoms with Crippen LogP contribution in [-0.2, 0) is 0 Å². The molecule has 2 amide bonds. The smallest absolute Gasteiger partial charge is 0.282 e. The molecule has 0 atom stereocenters. The molecule has 0 spiro atoms. The molecule has 6 nitrogen and oxygen atoms in total. The van der Waals surface area contributed by atoms with Crippen LogP contribution in [0.1, 0.15) is 40.1 Å². The summed E-state index contributed by atoms with van der Waals surface area (Å²) in [6.45, 7) is 3.80. The number of para-hydroxylation sites is 1. The van der Waals surface area contributed by atoms with Gasteiger partial charge in [-0.3, -0.25) is 9.59 Å². The molecule has 0 radical (unpaired) electrons. The highest BCUT2D eigenvalue weighted by Crippen LogP contribution is 2.31. The van der Waals surface area contributed by atoms with Crippen LogP contribution in [0, 0.1) is 0 Å². The second-order valence-electron chi connectivity index (χ2n) is 5.76. The monoisotopic (exact) mass is 338 g/mol. The van der Waals surface area contributed by atoms with Gasteiger partial charge in [-0.05, 0) is 38.1 Å². The molecule has 2 aromatic carbocycles. The number of carbonyl (C=O) groups excluding carboxylic acids is 2. The van der Waals surface area contributed by atoms with E-state index in [1.54, 1.807) is 49.6 Å². The highest BCUT2D eigenvalue weighted by molar-refractivity contribution is 6.21. The van der Waals surface area contributed by atoms with Crippen molar-refractivity contribution in [2.45, 2.75) is 20.0 Å². The summed E-state index contributed by atoms with van der Waals surface area (Å²) >= 11 is 0. The molecule has 3 rings (SSSR count). The fourth-order valence-electron chi connectivity index (χ4n) is 2.56. The largest absolute Gasteiger partial charge is 0.493 e. The Bertz CT molecular complexity index is 823. The Labute approximate surface area is 145 Å². The van der Waals surface area contributed by atoms with Gasteiger partial charge in [0, 0.05) is 5.56 Å². The second kappa shape index (κ2) is 6.76. The molecular formula is C19H18N2O4. The lowest BCUT2D eigenvalue weighted by Crippen LogP contribution is -2.24. The minimum atomic E-state index is -0.439. The van der Waals surface area contributed by atoms with Gasteiger partial charge in [-0.15, -0.1) is 0 Å². The Morgan fingerprint density at radius 3 is 2.20 bits per heavy atom. The van der Waals surface area contributed by atoms with Crippen molar-refractivity contribution >= 4 is 18.0 Å². The molecule has 0 bridgehead atoms. The number of imide groups is 1. The average Bonchev–Trinajstić information content (AvgIpc) is 2.85. The number of hydrazone groups is 1. The molecule has 1 aliphatic heterocycles. The summed E-state index contributed by atoms with van der Waals surface area (Å²) in [6, 6.07) is 12.0.